The van der Waals surface area contributed by atoms with E-state index in [0.29, 0.717) is 11.5 Å². The van der Waals surface area contributed by atoms with Crippen molar-refractivity contribution in [2.75, 3.05) is 13.1 Å². The number of benzene rings is 2. The van der Waals surface area contributed by atoms with Gasteiger partial charge in [0.2, 0.25) is 0 Å². The van der Waals surface area contributed by atoms with Gasteiger partial charge in [-0.3, -0.25) is 4.90 Å². The van der Waals surface area contributed by atoms with Crippen molar-refractivity contribution in [3.63, 3.8) is 0 Å². The van der Waals surface area contributed by atoms with Crippen LogP contribution in [0.2, 0.25) is 0 Å². The van der Waals surface area contributed by atoms with E-state index in [4.69, 9.17) is 14.6 Å². The lowest BCUT2D eigenvalue weighted by Crippen LogP contribution is -2.44. The first-order valence-electron chi connectivity index (χ1n) is 12.4. The topological polar surface area (TPSA) is 59.0 Å². The Bertz CT molecular complexity index is 964. The van der Waals surface area contributed by atoms with E-state index in [1.807, 2.05) is 6.92 Å². The van der Waals surface area contributed by atoms with Crippen molar-refractivity contribution in [2.45, 2.75) is 84.5 Å². The molecule has 1 saturated carbocycles. The summed E-state index contributed by atoms with van der Waals surface area (Å²) >= 11 is 0. The monoisotopic (exact) mass is 453 g/mol. The van der Waals surface area contributed by atoms with Crippen LogP contribution >= 0.6 is 0 Å². The van der Waals surface area contributed by atoms with E-state index >= 15 is 0 Å². The van der Waals surface area contributed by atoms with Crippen molar-refractivity contribution >= 4 is 16.9 Å². The predicted molar refractivity (Wildman–Crippen MR) is 132 cm³/mol. The zero-order valence-corrected chi connectivity index (χ0v) is 20.6. The Balaban J connectivity index is 1.32. The van der Waals surface area contributed by atoms with Crippen molar-refractivity contribution in [2.24, 2.45) is 11.3 Å². The fourth-order valence-electron chi connectivity index (χ4n) is 5.44. The molecule has 1 heterocycles. The minimum atomic E-state index is -1.18. The second kappa shape index (κ2) is 9.54. The highest BCUT2D eigenvalue weighted by Gasteiger charge is 2.34. The molecule has 2 aromatic carbocycles. The molecule has 0 unspecified atom stereocenters. The van der Waals surface area contributed by atoms with Gasteiger partial charge in [-0.1, -0.05) is 39.0 Å². The van der Waals surface area contributed by atoms with Crippen LogP contribution in [0.4, 0.5) is 4.79 Å². The van der Waals surface area contributed by atoms with E-state index in [1.165, 1.54) is 29.2 Å². The van der Waals surface area contributed by atoms with E-state index < -0.39 is 11.8 Å². The molecule has 0 spiro atoms. The predicted octanol–water partition coefficient (Wildman–Crippen LogP) is 6.87. The smallest absolute Gasteiger partial charge is 0.490 e. The number of hydrogen-bond donors (Lipinski definition) is 1. The molecule has 0 amide bonds. The van der Waals surface area contributed by atoms with Gasteiger partial charge in [0.15, 0.2) is 0 Å². The Hall–Kier alpha value is -2.27. The van der Waals surface area contributed by atoms with Gasteiger partial charge in [0.1, 0.15) is 11.4 Å². The quantitative estimate of drug-likeness (QED) is 0.501. The Morgan fingerprint density at radius 3 is 2.30 bits per heavy atom. The number of carboxylic acid groups (broad SMARTS) is 1. The lowest BCUT2D eigenvalue weighted by Gasteiger charge is -2.38. The molecule has 2 aliphatic rings. The number of fused-ring (bicyclic) bond motifs is 1. The minimum absolute atomic E-state index is 0.329. The lowest BCUT2D eigenvalue weighted by atomic mass is 9.72. The molecule has 33 heavy (non-hydrogen) atoms. The van der Waals surface area contributed by atoms with Gasteiger partial charge < -0.3 is 14.6 Å². The van der Waals surface area contributed by atoms with E-state index in [9.17, 15) is 4.79 Å². The first kappa shape index (κ1) is 23.9. The van der Waals surface area contributed by atoms with Crippen LogP contribution in [0.15, 0.2) is 36.4 Å². The molecule has 4 rings (SSSR count). The maximum atomic E-state index is 10.9. The van der Waals surface area contributed by atoms with Crippen LogP contribution in [0.1, 0.15) is 71.8 Å². The van der Waals surface area contributed by atoms with Gasteiger partial charge in [-0.25, -0.2) is 4.79 Å². The summed E-state index contributed by atoms with van der Waals surface area (Å²) in [5, 5.41) is 11.4. The van der Waals surface area contributed by atoms with Gasteiger partial charge in [-0.2, -0.15) is 0 Å². The molecule has 2 aromatic rings. The standard InChI is InChI=1S/C28H39NO4/c1-27(2,3)23-8-11-24(12-9-23)32-25-10-7-21-17-20(5-6-22(21)18-25)19-29-15-13-28(4,14-16-29)33-26(30)31/h5-7,10,17-18,23-24H,8-9,11-16,19H2,1-4H3,(H,30,31)/t23-,24-. The summed E-state index contributed by atoms with van der Waals surface area (Å²) in [5.74, 6) is 1.77. The third kappa shape index (κ3) is 6.20. The zero-order chi connectivity index (χ0) is 23.6. The van der Waals surface area contributed by atoms with Gasteiger partial charge in [-0.05, 0) is 91.3 Å². The van der Waals surface area contributed by atoms with Gasteiger partial charge >= 0.3 is 6.16 Å². The maximum Gasteiger partial charge on any atom is 0.506 e. The number of likely N-dealkylation sites (tertiary alicyclic amines) is 1. The minimum Gasteiger partial charge on any atom is -0.490 e. The summed E-state index contributed by atoms with van der Waals surface area (Å²) < 4.78 is 11.5. The Labute approximate surface area is 198 Å². The molecule has 0 atom stereocenters. The summed E-state index contributed by atoms with van der Waals surface area (Å²) in [5.41, 5.74) is 1.11. The molecule has 5 nitrogen and oxygen atoms in total. The number of ether oxygens (including phenoxy) is 2. The second-order valence-corrected chi connectivity index (χ2v) is 11.4. The van der Waals surface area contributed by atoms with E-state index in [-0.39, 0.29) is 0 Å². The Morgan fingerprint density at radius 2 is 1.67 bits per heavy atom. The van der Waals surface area contributed by atoms with E-state index in [0.717, 1.165) is 57.0 Å². The van der Waals surface area contributed by atoms with Gasteiger partial charge in [0, 0.05) is 19.6 Å². The normalized spacial score (nSPS) is 23.9. The van der Waals surface area contributed by atoms with Crippen LogP contribution in [0, 0.1) is 11.3 Å². The zero-order valence-electron chi connectivity index (χ0n) is 20.6. The summed E-state index contributed by atoms with van der Waals surface area (Å²) in [7, 11) is 0. The second-order valence-electron chi connectivity index (χ2n) is 11.4. The molecule has 0 bridgehead atoms. The summed E-state index contributed by atoms with van der Waals surface area (Å²) in [6.45, 7) is 11.5. The first-order valence-corrected chi connectivity index (χ1v) is 12.4. The highest BCUT2D eigenvalue weighted by Crippen LogP contribution is 2.39. The third-order valence-electron chi connectivity index (χ3n) is 7.73. The van der Waals surface area contributed by atoms with Gasteiger partial charge in [0.25, 0.3) is 0 Å². The van der Waals surface area contributed by atoms with Crippen molar-refractivity contribution in [3.8, 4) is 5.75 Å². The van der Waals surface area contributed by atoms with Gasteiger partial charge in [0.05, 0.1) is 6.10 Å². The molecule has 1 N–H and O–H groups in total. The van der Waals surface area contributed by atoms with Crippen molar-refractivity contribution in [3.05, 3.63) is 42.0 Å². The molecule has 0 radical (unpaired) electrons. The molecule has 5 heteroatoms. The first-order chi connectivity index (χ1) is 15.6. The van der Waals surface area contributed by atoms with Crippen LogP contribution in [0.25, 0.3) is 10.8 Å². The van der Waals surface area contributed by atoms with Crippen LogP contribution in [0.5, 0.6) is 5.75 Å². The van der Waals surface area contributed by atoms with Crippen molar-refractivity contribution in [1.29, 1.82) is 0 Å². The van der Waals surface area contributed by atoms with Crippen LogP contribution in [-0.4, -0.2) is 41.0 Å². The van der Waals surface area contributed by atoms with Crippen LogP contribution in [0.3, 0.4) is 0 Å². The molecule has 0 aromatic heterocycles. The molecule has 1 aliphatic carbocycles. The Morgan fingerprint density at radius 1 is 1.03 bits per heavy atom. The average molecular weight is 454 g/mol. The van der Waals surface area contributed by atoms with Crippen LogP contribution in [-0.2, 0) is 11.3 Å². The number of hydrogen-bond acceptors (Lipinski definition) is 4. The number of carbonyl (C=O) groups is 1. The van der Waals surface area contributed by atoms with Gasteiger partial charge in [-0.15, -0.1) is 0 Å². The molecular weight excluding hydrogens is 414 g/mol. The summed E-state index contributed by atoms with van der Waals surface area (Å²) in [6, 6.07) is 13.1. The lowest BCUT2D eigenvalue weighted by molar-refractivity contribution is -0.0454. The summed E-state index contributed by atoms with van der Waals surface area (Å²) in [4.78, 5) is 13.3. The molecule has 1 aliphatic heterocycles. The molecule has 180 valence electrons. The number of piperidine rings is 1. The highest BCUT2D eigenvalue weighted by molar-refractivity contribution is 5.84. The number of nitrogens with zero attached hydrogens (tertiary/aromatic N) is 1. The maximum absolute atomic E-state index is 10.9. The average Bonchev–Trinajstić information content (AvgIpc) is 2.75. The van der Waals surface area contributed by atoms with E-state index in [1.54, 1.807) is 0 Å². The fourth-order valence-corrected chi connectivity index (χ4v) is 5.44. The van der Waals surface area contributed by atoms with Crippen molar-refractivity contribution in [1.82, 2.24) is 4.90 Å². The summed E-state index contributed by atoms with van der Waals surface area (Å²) in [6.07, 6.45) is 5.40. The fraction of sp³-hybridized carbons (Fsp3) is 0.607. The molecule has 1 saturated heterocycles. The SMILES string of the molecule is CC1(OC(=O)O)CCN(Cc2ccc3cc(O[C@H]4CC[C@H](C(C)(C)C)CC4)ccc3c2)CC1. The third-order valence-corrected chi connectivity index (χ3v) is 7.73. The molecule has 2 fully saturated rings. The van der Waals surface area contributed by atoms with E-state index in [2.05, 4.69) is 62.1 Å². The van der Waals surface area contributed by atoms with Crippen LogP contribution < -0.4 is 4.74 Å². The molecular formula is C28H39NO4. The number of rotatable bonds is 5. The largest absolute Gasteiger partial charge is 0.506 e. The highest BCUT2D eigenvalue weighted by atomic mass is 16.7. The van der Waals surface area contributed by atoms with Crippen molar-refractivity contribution < 1.29 is 19.4 Å². The Kier molecular flexibility index (Phi) is 6.90.